The summed E-state index contributed by atoms with van der Waals surface area (Å²) < 4.78 is 0. The third-order valence-corrected chi connectivity index (χ3v) is 4.18. The zero-order chi connectivity index (χ0) is 18.4. The number of carbonyl (C=O) groups excluding carboxylic acids is 2. The van der Waals surface area contributed by atoms with Gasteiger partial charge in [-0.2, -0.15) is 0 Å². The van der Waals surface area contributed by atoms with E-state index >= 15 is 0 Å². The molecule has 0 fully saturated rings. The van der Waals surface area contributed by atoms with Crippen LogP contribution in [0.1, 0.15) is 41.1 Å². The molecule has 2 rings (SSSR count). The average molecular weight is 380 g/mol. The zero-order valence-electron chi connectivity index (χ0n) is 14.0. The van der Waals surface area contributed by atoms with Gasteiger partial charge in [0.25, 0.3) is 11.8 Å². The van der Waals surface area contributed by atoms with E-state index in [1.54, 1.807) is 18.2 Å². The van der Waals surface area contributed by atoms with Gasteiger partial charge in [-0.1, -0.05) is 37.0 Å². The minimum atomic E-state index is -0.364. The molecule has 0 saturated heterocycles. The van der Waals surface area contributed by atoms with Gasteiger partial charge in [0.1, 0.15) is 5.69 Å². The van der Waals surface area contributed by atoms with E-state index in [-0.39, 0.29) is 17.5 Å². The minimum absolute atomic E-state index is 0.200. The molecule has 132 valence electrons. The first-order valence-corrected chi connectivity index (χ1v) is 8.63. The topological polar surface area (TPSA) is 71.1 Å². The number of benzene rings is 1. The minimum Gasteiger partial charge on any atom is -0.351 e. The second-order valence-electron chi connectivity index (χ2n) is 5.95. The number of hydrogen-bond acceptors (Lipinski definition) is 3. The summed E-state index contributed by atoms with van der Waals surface area (Å²) in [6, 6.07) is 7.80. The number of anilines is 1. The molecular formula is C18H19Cl2N3O2. The first-order chi connectivity index (χ1) is 11.9. The lowest BCUT2D eigenvalue weighted by Gasteiger charge is -2.09. The number of amides is 2. The Morgan fingerprint density at radius 2 is 1.84 bits per heavy atom. The van der Waals surface area contributed by atoms with Crippen LogP contribution in [0.3, 0.4) is 0 Å². The van der Waals surface area contributed by atoms with Crippen molar-refractivity contribution in [1.82, 2.24) is 10.3 Å². The number of nitrogens with zero attached hydrogens (tertiary/aromatic N) is 1. The van der Waals surface area contributed by atoms with Crippen LogP contribution < -0.4 is 10.6 Å². The fraction of sp³-hybridized carbons (Fsp3) is 0.278. The van der Waals surface area contributed by atoms with Crippen LogP contribution >= 0.6 is 23.2 Å². The van der Waals surface area contributed by atoms with Gasteiger partial charge in [-0.15, -0.1) is 0 Å². The van der Waals surface area contributed by atoms with Gasteiger partial charge in [0.05, 0.1) is 10.0 Å². The lowest BCUT2D eigenvalue weighted by Crippen LogP contribution is -2.26. The molecule has 5 nitrogen and oxygen atoms in total. The van der Waals surface area contributed by atoms with Crippen molar-refractivity contribution in [3.05, 3.63) is 57.8 Å². The summed E-state index contributed by atoms with van der Waals surface area (Å²) in [5.74, 6) is -0.168. The van der Waals surface area contributed by atoms with Crippen LogP contribution in [0, 0.1) is 5.92 Å². The smallest absolute Gasteiger partial charge is 0.269 e. The van der Waals surface area contributed by atoms with Crippen molar-refractivity contribution in [3.8, 4) is 0 Å². The molecule has 0 radical (unpaired) electrons. The van der Waals surface area contributed by atoms with Crippen molar-refractivity contribution in [3.63, 3.8) is 0 Å². The molecule has 2 amide bonds. The Bertz CT molecular complexity index is 779. The molecule has 0 aliphatic heterocycles. The molecule has 2 aromatic rings. The van der Waals surface area contributed by atoms with E-state index in [1.165, 1.54) is 18.3 Å². The average Bonchev–Trinajstić information content (AvgIpc) is 2.58. The molecule has 1 aromatic carbocycles. The molecule has 0 bridgehead atoms. The summed E-state index contributed by atoms with van der Waals surface area (Å²) in [7, 11) is 0. The van der Waals surface area contributed by atoms with Crippen molar-refractivity contribution < 1.29 is 9.59 Å². The van der Waals surface area contributed by atoms with E-state index in [2.05, 4.69) is 29.5 Å². The summed E-state index contributed by atoms with van der Waals surface area (Å²) in [5, 5.41) is 6.26. The summed E-state index contributed by atoms with van der Waals surface area (Å²) in [5.41, 5.74) is 1.04. The first-order valence-electron chi connectivity index (χ1n) is 7.87. The molecule has 0 spiro atoms. The maximum absolute atomic E-state index is 12.3. The van der Waals surface area contributed by atoms with Gasteiger partial charge in [-0.25, -0.2) is 0 Å². The number of aromatic nitrogens is 1. The van der Waals surface area contributed by atoms with E-state index in [0.717, 1.165) is 6.42 Å². The van der Waals surface area contributed by atoms with Crippen LogP contribution in [0.25, 0.3) is 0 Å². The molecule has 0 aliphatic carbocycles. The number of carbonyl (C=O) groups is 2. The van der Waals surface area contributed by atoms with Gasteiger partial charge >= 0.3 is 0 Å². The summed E-state index contributed by atoms with van der Waals surface area (Å²) in [6.07, 6.45) is 2.31. The predicted molar refractivity (Wildman–Crippen MR) is 100 cm³/mol. The number of pyridine rings is 1. The van der Waals surface area contributed by atoms with Gasteiger partial charge in [0.15, 0.2) is 0 Å². The fourth-order valence-corrected chi connectivity index (χ4v) is 2.34. The van der Waals surface area contributed by atoms with Crippen molar-refractivity contribution >= 4 is 40.7 Å². The highest BCUT2D eigenvalue weighted by Gasteiger charge is 2.12. The third kappa shape index (κ3) is 5.73. The lowest BCUT2D eigenvalue weighted by atomic mass is 10.1. The van der Waals surface area contributed by atoms with Crippen LogP contribution in [-0.2, 0) is 0 Å². The molecule has 0 saturated carbocycles. The second-order valence-corrected chi connectivity index (χ2v) is 6.77. The fourth-order valence-electron chi connectivity index (χ4n) is 2.04. The van der Waals surface area contributed by atoms with Crippen molar-refractivity contribution in [2.24, 2.45) is 5.92 Å². The molecule has 0 unspecified atom stereocenters. The van der Waals surface area contributed by atoms with Crippen LogP contribution in [-0.4, -0.2) is 23.3 Å². The molecular weight excluding hydrogens is 361 g/mol. The standard InChI is InChI=1S/C18H19Cl2N3O2/c1-11(2)5-7-22-18(25)16-9-12(6-8-21-16)17(24)23-13-3-4-14(19)15(20)10-13/h3-4,6,8-11H,5,7H2,1-2H3,(H,22,25)(H,23,24). The molecule has 0 aliphatic rings. The lowest BCUT2D eigenvalue weighted by molar-refractivity contribution is 0.0947. The third-order valence-electron chi connectivity index (χ3n) is 3.44. The van der Waals surface area contributed by atoms with Crippen LogP contribution in [0.5, 0.6) is 0 Å². The predicted octanol–water partition coefficient (Wildman–Crippen LogP) is 4.42. The molecule has 25 heavy (non-hydrogen) atoms. The van der Waals surface area contributed by atoms with Crippen molar-refractivity contribution in [2.45, 2.75) is 20.3 Å². The molecule has 1 heterocycles. The molecule has 0 atom stereocenters. The van der Waals surface area contributed by atoms with E-state index in [4.69, 9.17) is 23.2 Å². The maximum atomic E-state index is 12.3. The quantitative estimate of drug-likeness (QED) is 0.780. The van der Waals surface area contributed by atoms with E-state index in [9.17, 15) is 9.59 Å². The molecule has 1 aromatic heterocycles. The van der Waals surface area contributed by atoms with Crippen molar-refractivity contribution in [1.29, 1.82) is 0 Å². The highest BCUT2D eigenvalue weighted by atomic mass is 35.5. The highest BCUT2D eigenvalue weighted by molar-refractivity contribution is 6.42. The van der Waals surface area contributed by atoms with E-state index in [1.807, 2.05) is 0 Å². The Labute approximate surface area is 156 Å². The van der Waals surface area contributed by atoms with E-state index < -0.39 is 0 Å². The van der Waals surface area contributed by atoms with Gasteiger partial charge in [-0.3, -0.25) is 14.6 Å². The van der Waals surface area contributed by atoms with Gasteiger partial charge in [-0.05, 0) is 42.7 Å². The monoisotopic (exact) mass is 379 g/mol. The Kier molecular flexibility index (Phi) is 6.79. The van der Waals surface area contributed by atoms with Gasteiger partial charge in [0.2, 0.25) is 0 Å². The largest absolute Gasteiger partial charge is 0.351 e. The maximum Gasteiger partial charge on any atom is 0.269 e. The Morgan fingerprint density at radius 1 is 1.08 bits per heavy atom. The Hall–Kier alpha value is -2.11. The molecule has 7 heteroatoms. The summed E-state index contributed by atoms with van der Waals surface area (Å²) >= 11 is 11.8. The highest BCUT2D eigenvalue weighted by Crippen LogP contribution is 2.25. The summed E-state index contributed by atoms with van der Waals surface area (Å²) in [4.78, 5) is 28.5. The number of rotatable bonds is 6. The van der Waals surface area contributed by atoms with Gasteiger partial charge in [0, 0.05) is 24.0 Å². The molecule has 2 N–H and O–H groups in total. The SMILES string of the molecule is CC(C)CCNC(=O)c1cc(C(=O)Nc2ccc(Cl)c(Cl)c2)ccn1. The Morgan fingerprint density at radius 3 is 2.52 bits per heavy atom. The normalized spacial score (nSPS) is 10.6. The first kappa shape index (κ1) is 19.2. The number of halogens is 2. The zero-order valence-corrected chi connectivity index (χ0v) is 15.5. The van der Waals surface area contributed by atoms with Crippen LogP contribution in [0.4, 0.5) is 5.69 Å². The Balaban J connectivity index is 2.05. The van der Waals surface area contributed by atoms with E-state index in [0.29, 0.717) is 33.8 Å². The summed E-state index contributed by atoms with van der Waals surface area (Å²) in [6.45, 7) is 4.73. The van der Waals surface area contributed by atoms with Crippen LogP contribution in [0.15, 0.2) is 36.5 Å². The van der Waals surface area contributed by atoms with Crippen molar-refractivity contribution in [2.75, 3.05) is 11.9 Å². The number of hydrogen-bond donors (Lipinski definition) is 2. The second kappa shape index (κ2) is 8.83. The number of nitrogens with one attached hydrogen (secondary N) is 2. The van der Waals surface area contributed by atoms with Gasteiger partial charge < -0.3 is 10.6 Å². The van der Waals surface area contributed by atoms with Crippen LogP contribution in [0.2, 0.25) is 10.0 Å².